The summed E-state index contributed by atoms with van der Waals surface area (Å²) in [7, 11) is 0. The Morgan fingerprint density at radius 1 is 0.778 bits per heavy atom. The second-order valence-electron chi connectivity index (χ2n) is 4.50. The maximum atomic E-state index is 6.57. The van der Waals surface area contributed by atoms with Gasteiger partial charge in [0.25, 0.3) is 0 Å². The van der Waals surface area contributed by atoms with Crippen LogP contribution in [-0.4, -0.2) is 4.98 Å². The Labute approximate surface area is 109 Å². The van der Waals surface area contributed by atoms with Gasteiger partial charge in [0.1, 0.15) is 0 Å². The topological polar surface area (TPSA) is 15.8 Å². The Kier molecular flexibility index (Phi) is 1.94. The van der Waals surface area contributed by atoms with Gasteiger partial charge in [0.05, 0.1) is 5.02 Å². The average Bonchev–Trinajstić information content (AvgIpc) is 2.77. The van der Waals surface area contributed by atoms with Crippen LogP contribution in [0.3, 0.4) is 0 Å². The second-order valence-corrected chi connectivity index (χ2v) is 4.88. The first-order valence-corrected chi connectivity index (χ1v) is 6.30. The summed E-state index contributed by atoms with van der Waals surface area (Å²) in [6.45, 7) is 0. The molecule has 0 unspecified atom stereocenters. The molecule has 18 heavy (non-hydrogen) atoms. The molecule has 0 radical (unpaired) electrons. The van der Waals surface area contributed by atoms with Crippen molar-refractivity contribution in [2.75, 3.05) is 0 Å². The SMILES string of the molecule is Clc1c2ccccc2cc2[nH]c3ccccc3c12. The lowest BCUT2D eigenvalue weighted by molar-refractivity contribution is 1.55. The normalized spacial score (nSPS) is 11.6. The fourth-order valence-corrected chi connectivity index (χ4v) is 3.00. The van der Waals surface area contributed by atoms with Crippen molar-refractivity contribution < 1.29 is 0 Å². The van der Waals surface area contributed by atoms with Gasteiger partial charge in [0.15, 0.2) is 0 Å². The van der Waals surface area contributed by atoms with Gasteiger partial charge < -0.3 is 4.98 Å². The molecule has 1 N–H and O–H groups in total. The summed E-state index contributed by atoms with van der Waals surface area (Å²) in [4.78, 5) is 3.43. The molecule has 4 rings (SSSR count). The number of aromatic amines is 1. The average molecular weight is 252 g/mol. The lowest BCUT2D eigenvalue weighted by Crippen LogP contribution is -1.76. The molecule has 0 aliphatic carbocycles. The lowest BCUT2D eigenvalue weighted by Gasteiger charge is -2.02. The van der Waals surface area contributed by atoms with E-state index in [0.717, 1.165) is 26.8 Å². The summed E-state index contributed by atoms with van der Waals surface area (Å²) >= 11 is 6.57. The van der Waals surface area contributed by atoms with Crippen LogP contribution in [0.5, 0.6) is 0 Å². The van der Waals surface area contributed by atoms with Gasteiger partial charge in [-0.05, 0) is 17.5 Å². The van der Waals surface area contributed by atoms with Crippen molar-refractivity contribution in [1.29, 1.82) is 0 Å². The zero-order valence-corrected chi connectivity index (χ0v) is 10.3. The third-order valence-corrected chi connectivity index (χ3v) is 3.84. The van der Waals surface area contributed by atoms with E-state index < -0.39 is 0 Å². The summed E-state index contributed by atoms with van der Waals surface area (Å²) in [6, 6.07) is 18.6. The molecule has 4 aromatic rings. The van der Waals surface area contributed by atoms with Crippen LogP contribution in [0.4, 0.5) is 0 Å². The molecule has 2 heteroatoms. The third kappa shape index (κ3) is 1.22. The molecule has 0 saturated carbocycles. The van der Waals surface area contributed by atoms with Crippen molar-refractivity contribution in [2.24, 2.45) is 0 Å². The van der Waals surface area contributed by atoms with E-state index in [0.29, 0.717) is 0 Å². The smallest absolute Gasteiger partial charge is 0.0584 e. The monoisotopic (exact) mass is 251 g/mol. The van der Waals surface area contributed by atoms with Crippen molar-refractivity contribution in [3.8, 4) is 0 Å². The van der Waals surface area contributed by atoms with Gasteiger partial charge in [0.2, 0.25) is 0 Å². The summed E-state index contributed by atoms with van der Waals surface area (Å²) in [5.74, 6) is 0. The minimum atomic E-state index is 0.834. The van der Waals surface area contributed by atoms with Crippen LogP contribution in [0.25, 0.3) is 32.6 Å². The lowest BCUT2D eigenvalue weighted by atomic mass is 10.1. The maximum Gasteiger partial charge on any atom is 0.0584 e. The molecule has 1 heterocycles. The van der Waals surface area contributed by atoms with E-state index in [1.807, 2.05) is 24.3 Å². The van der Waals surface area contributed by atoms with Crippen LogP contribution in [0.15, 0.2) is 54.6 Å². The van der Waals surface area contributed by atoms with E-state index in [-0.39, 0.29) is 0 Å². The Morgan fingerprint density at radius 3 is 2.39 bits per heavy atom. The quantitative estimate of drug-likeness (QED) is 0.446. The predicted octanol–water partition coefficient (Wildman–Crippen LogP) is 5.13. The van der Waals surface area contributed by atoms with Crippen molar-refractivity contribution in [3.63, 3.8) is 0 Å². The maximum absolute atomic E-state index is 6.57. The fourth-order valence-electron chi connectivity index (χ4n) is 2.62. The van der Waals surface area contributed by atoms with Gasteiger partial charge >= 0.3 is 0 Å². The van der Waals surface area contributed by atoms with Gasteiger partial charge in [-0.2, -0.15) is 0 Å². The number of nitrogens with one attached hydrogen (secondary N) is 1. The number of H-pyrrole nitrogens is 1. The number of halogens is 1. The van der Waals surface area contributed by atoms with E-state index >= 15 is 0 Å². The number of fused-ring (bicyclic) bond motifs is 4. The third-order valence-electron chi connectivity index (χ3n) is 3.45. The van der Waals surface area contributed by atoms with Crippen molar-refractivity contribution in [2.45, 2.75) is 0 Å². The summed E-state index contributed by atoms with van der Waals surface area (Å²) < 4.78 is 0. The first-order valence-electron chi connectivity index (χ1n) is 5.92. The highest BCUT2D eigenvalue weighted by molar-refractivity contribution is 6.43. The molecule has 1 nitrogen and oxygen atoms in total. The van der Waals surface area contributed by atoms with Crippen LogP contribution in [0.1, 0.15) is 0 Å². The Balaban J connectivity index is 2.34. The first-order chi connectivity index (χ1) is 8.84. The molecule has 1 aromatic heterocycles. The molecule has 0 saturated heterocycles. The van der Waals surface area contributed by atoms with Gasteiger partial charge in [-0.25, -0.2) is 0 Å². The van der Waals surface area contributed by atoms with E-state index in [2.05, 4.69) is 35.3 Å². The molecular weight excluding hydrogens is 242 g/mol. The highest BCUT2D eigenvalue weighted by atomic mass is 35.5. The zero-order valence-electron chi connectivity index (χ0n) is 9.57. The summed E-state index contributed by atoms with van der Waals surface area (Å²) in [5, 5.41) is 5.41. The van der Waals surface area contributed by atoms with Gasteiger partial charge in [-0.3, -0.25) is 0 Å². The summed E-state index contributed by atoms with van der Waals surface area (Å²) in [6.07, 6.45) is 0. The first kappa shape index (κ1) is 9.98. The molecule has 0 amide bonds. The highest BCUT2D eigenvalue weighted by Gasteiger charge is 2.10. The molecule has 0 aliphatic rings. The largest absolute Gasteiger partial charge is 0.354 e. The Bertz CT molecular complexity index is 889. The van der Waals surface area contributed by atoms with Crippen molar-refractivity contribution in [1.82, 2.24) is 4.98 Å². The van der Waals surface area contributed by atoms with Crippen LogP contribution >= 0.6 is 11.6 Å². The van der Waals surface area contributed by atoms with Gasteiger partial charge in [0, 0.05) is 27.2 Å². The van der Waals surface area contributed by atoms with Crippen LogP contribution in [0, 0.1) is 0 Å². The predicted molar refractivity (Wildman–Crippen MR) is 78.3 cm³/mol. The molecule has 0 atom stereocenters. The Hall–Kier alpha value is -1.99. The van der Waals surface area contributed by atoms with Crippen molar-refractivity contribution in [3.05, 3.63) is 59.6 Å². The molecule has 86 valence electrons. The molecule has 0 aliphatic heterocycles. The molecule has 0 spiro atoms. The second kappa shape index (κ2) is 3.50. The van der Waals surface area contributed by atoms with Gasteiger partial charge in [-0.1, -0.05) is 54.1 Å². The fraction of sp³-hybridized carbons (Fsp3) is 0. The molecular formula is C16H10ClN. The van der Waals surface area contributed by atoms with E-state index in [1.165, 1.54) is 10.8 Å². The number of hydrogen-bond acceptors (Lipinski definition) is 0. The standard InChI is InChI=1S/C16H10ClN/c17-16-11-6-2-1-5-10(11)9-14-15(16)12-7-3-4-8-13(12)18-14/h1-9,18H. The van der Waals surface area contributed by atoms with E-state index in [1.54, 1.807) is 0 Å². The van der Waals surface area contributed by atoms with Crippen LogP contribution in [-0.2, 0) is 0 Å². The number of hydrogen-bond donors (Lipinski definition) is 1. The molecule has 0 bridgehead atoms. The highest BCUT2D eigenvalue weighted by Crippen LogP contribution is 2.36. The Morgan fingerprint density at radius 2 is 1.50 bits per heavy atom. The van der Waals surface area contributed by atoms with Gasteiger partial charge in [-0.15, -0.1) is 0 Å². The van der Waals surface area contributed by atoms with E-state index in [4.69, 9.17) is 11.6 Å². The number of aromatic nitrogens is 1. The number of para-hydroxylation sites is 1. The van der Waals surface area contributed by atoms with Crippen molar-refractivity contribution >= 4 is 44.2 Å². The minimum Gasteiger partial charge on any atom is -0.354 e. The number of benzene rings is 3. The molecule has 3 aromatic carbocycles. The number of rotatable bonds is 0. The minimum absolute atomic E-state index is 0.834. The summed E-state index contributed by atoms with van der Waals surface area (Å²) in [5.41, 5.74) is 2.23. The van der Waals surface area contributed by atoms with Crippen LogP contribution < -0.4 is 0 Å². The molecule has 0 fully saturated rings. The van der Waals surface area contributed by atoms with E-state index in [9.17, 15) is 0 Å². The zero-order chi connectivity index (χ0) is 12.1. The van der Waals surface area contributed by atoms with Crippen LogP contribution in [0.2, 0.25) is 5.02 Å².